The lowest BCUT2D eigenvalue weighted by Crippen LogP contribution is -2.50. The molecule has 2 aliphatic rings. The number of nitrogens with one attached hydrogen (secondary N) is 1. The molecular formula is C16H23N5O3. The van der Waals surface area contributed by atoms with Gasteiger partial charge < -0.3 is 19.9 Å². The average Bonchev–Trinajstić information content (AvgIpc) is 3.38. The summed E-state index contributed by atoms with van der Waals surface area (Å²) in [5.41, 5.74) is 0.398. The minimum atomic E-state index is -0.321. The monoisotopic (exact) mass is 333 g/mol. The van der Waals surface area contributed by atoms with Gasteiger partial charge in [-0.15, -0.1) is 0 Å². The summed E-state index contributed by atoms with van der Waals surface area (Å²) in [6.07, 6.45) is 1.96. The number of hydrogen-bond donors (Lipinski definition) is 1. The molecule has 2 heterocycles. The molecule has 0 spiro atoms. The van der Waals surface area contributed by atoms with Crippen molar-refractivity contribution < 1.29 is 14.3 Å². The van der Waals surface area contributed by atoms with Crippen molar-refractivity contribution in [3.8, 4) is 0 Å². The number of piperazine rings is 1. The molecule has 0 bridgehead atoms. The fourth-order valence-electron chi connectivity index (χ4n) is 2.66. The third kappa shape index (κ3) is 3.93. The van der Waals surface area contributed by atoms with Crippen LogP contribution in [0.15, 0.2) is 6.07 Å². The molecule has 2 amide bonds. The maximum Gasteiger partial charge on any atom is 0.409 e. The number of rotatable bonds is 4. The van der Waals surface area contributed by atoms with Crippen molar-refractivity contribution in [1.29, 1.82) is 0 Å². The van der Waals surface area contributed by atoms with Crippen molar-refractivity contribution in [2.45, 2.75) is 32.7 Å². The first-order valence-corrected chi connectivity index (χ1v) is 8.40. The maximum absolute atomic E-state index is 12.7. The van der Waals surface area contributed by atoms with E-state index >= 15 is 0 Å². The summed E-state index contributed by atoms with van der Waals surface area (Å²) in [5.74, 6) is 1.16. The van der Waals surface area contributed by atoms with Gasteiger partial charge in [0.2, 0.25) is 0 Å². The molecule has 8 nitrogen and oxygen atoms in total. The van der Waals surface area contributed by atoms with Gasteiger partial charge in [-0.05, 0) is 26.7 Å². The zero-order valence-electron chi connectivity index (χ0n) is 14.1. The number of anilines is 1. The second-order valence-electron chi connectivity index (χ2n) is 6.08. The first-order chi connectivity index (χ1) is 11.6. The van der Waals surface area contributed by atoms with Gasteiger partial charge in [0.25, 0.3) is 5.91 Å². The van der Waals surface area contributed by atoms with Crippen LogP contribution in [0.4, 0.5) is 10.6 Å². The van der Waals surface area contributed by atoms with E-state index in [9.17, 15) is 9.59 Å². The lowest BCUT2D eigenvalue weighted by Gasteiger charge is -2.33. The molecule has 1 aromatic heterocycles. The Kier molecular flexibility index (Phi) is 4.82. The minimum Gasteiger partial charge on any atom is -0.450 e. The van der Waals surface area contributed by atoms with Gasteiger partial charge in [-0.3, -0.25) is 4.79 Å². The van der Waals surface area contributed by atoms with E-state index in [0.29, 0.717) is 56.2 Å². The molecule has 2 fully saturated rings. The topological polar surface area (TPSA) is 87.7 Å². The van der Waals surface area contributed by atoms with E-state index in [1.807, 2.05) is 0 Å². The molecule has 0 unspecified atom stereocenters. The fourth-order valence-corrected chi connectivity index (χ4v) is 2.66. The first-order valence-electron chi connectivity index (χ1n) is 8.40. The van der Waals surface area contributed by atoms with E-state index < -0.39 is 0 Å². The van der Waals surface area contributed by atoms with Gasteiger partial charge in [-0.1, -0.05) is 0 Å². The van der Waals surface area contributed by atoms with Gasteiger partial charge in [-0.25, -0.2) is 14.8 Å². The molecule has 8 heteroatoms. The fraction of sp³-hybridized carbons (Fsp3) is 0.625. The molecule has 1 N–H and O–H groups in total. The molecular weight excluding hydrogens is 310 g/mol. The molecule has 24 heavy (non-hydrogen) atoms. The number of ether oxygens (including phenoxy) is 1. The average molecular weight is 333 g/mol. The number of amides is 2. The second-order valence-corrected chi connectivity index (χ2v) is 6.08. The Labute approximate surface area is 141 Å². The summed E-state index contributed by atoms with van der Waals surface area (Å²) in [6.45, 7) is 5.83. The van der Waals surface area contributed by atoms with E-state index in [1.54, 1.807) is 29.7 Å². The van der Waals surface area contributed by atoms with Crippen molar-refractivity contribution in [3.05, 3.63) is 17.6 Å². The molecule has 130 valence electrons. The number of aromatic nitrogens is 2. The Balaban J connectivity index is 1.62. The zero-order valence-corrected chi connectivity index (χ0v) is 14.1. The predicted molar refractivity (Wildman–Crippen MR) is 87.9 cm³/mol. The van der Waals surface area contributed by atoms with Crippen LogP contribution in [0.25, 0.3) is 0 Å². The van der Waals surface area contributed by atoms with Crippen molar-refractivity contribution >= 4 is 17.8 Å². The van der Waals surface area contributed by atoms with Crippen molar-refractivity contribution in [3.63, 3.8) is 0 Å². The number of aryl methyl sites for hydroxylation is 1. The molecule has 0 aromatic carbocycles. The van der Waals surface area contributed by atoms with E-state index in [4.69, 9.17) is 4.74 Å². The van der Waals surface area contributed by atoms with Crippen LogP contribution in [-0.4, -0.2) is 70.6 Å². The summed E-state index contributed by atoms with van der Waals surface area (Å²) in [4.78, 5) is 36.3. The molecule has 1 aliphatic carbocycles. The highest BCUT2D eigenvalue weighted by atomic mass is 16.6. The van der Waals surface area contributed by atoms with Crippen LogP contribution in [-0.2, 0) is 4.74 Å². The Morgan fingerprint density at radius 1 is 1.21 bits per heavy atom. The van der Waals surface area contributed by atoms with Gasteiger partial charge in [0.15, 0.2) is 0 Å². The number of carbonyl (C=O) groups excluding carboxylic acids is 2. The van der Waals surface area contributed by atoms with Gasteiger partial charge in [0.05, 0.1) is 6.61 Å². The van der Waals surface area contributed by atoms with Crippen LogP contribution in [0.1, 0.15) is 36.1 Å². The number of carbonyl (C=O) groups is 2. The van der Waals surface area contributed by atoms with Gasteiger partial charge >= 0.3 is 6.09 Å². The van der Waals surface area contributed by atoms with Crippen LogP contribution in [0.5, 0.6) is 0 Å². The minimum absolute atomic E-state index is 0.122. The highest BCUT2D eigenvalue weighted by Gasteiger charge is 2.27. The third-order valence-electron chi connectivity index (χ3n) is 4.08. The molecule has 1 aromatic rings. The quantitative estimate of drug-likeness (QED) is 0.893. The summed E-state index contributed by atoms with van der Waals surface area (Å²) < 4.78 is 4.99. The Morgan fingerprint density at radius 3 is 2.50 bits per heavy atom. The standard InChI is InChI=1S/C16H23N5O3/c1-3-24-16(23)21-8-6-20(7-9-21)15(22)13-10-14(18-11(2)17-13)19-12-4-5-12/h10,12H,3-9H2,1-2H3,(H,17,18,19). The SMILES string of the molecule is CCOC(=O)N1CCN(C(=O)c2cc(NC3CC3)nc(C)n2)CC1. The lowest BCUT2D eigenvalue weighted by atomic mass is 10.2. The molecule has 1 saturated heterocycles. The molecule has 1 saturated carbocycles. The summed E-state index contributed by atoms with van der Waals surface area (Å²) in [6, 6.07) is 2.18. The third-order valence-corrected chi connectivity index (χ3v) is 4.08. The highest BCUT2D eigenvalue weighted by Crippen LogP contribution is 2.24. The van der Waals surface area contributed by atoms with Gasteiger partial charge in [-0.2, -0.15) is 0 Å². The van der Waals surface area contributed by atoms with Crippen LogP contribution in [0.3, 0.4) is 0 Å². The maximum atomic E-state index is 12.7. The summed E-state index contributed by atoms with van der Waals surface area (Å²) >= 11 is 0. The Bertz CT molecular complexity index is 624. The van der Waals surface area contributed by atoms with Gasteiger partial charge in [0.1, 0.15) is 17.3 Å². The van der Waals surface area contributed by atoms with E-state index in [0.717, 1.165) is 12.8 Å². The normalized spacial score (nSPS) is 17.6. The van der Waals surface area contributed by atoms with Crippen LogP contribution >= 0.6 is 0 Å². The summed E-state index contributed by atoms with van der Waals surface area (Å²) in [7, 11) is 0. The Morgan fingerprint density at radius 2 is 1.88 bits per heavy atom. The van der Waals surface area contributed by atoms with E-state index in [1.165, 1.54) is 0 Å². The molecule has 0 atom stereocenters. The second kappa shape index (κ2) is 7.02. The van der Waals surface area contributed by atoms with E-state index in [-0.39, 0.29) is 12.0 Å². The van der Waals surface area contributed by atoms with Crippen LogP contribution in [0, 0.1) is 6.92 Å². The van der Waals surface area contributed by atoms with Crippen molar-refractivity contribution in [1.82, 2.24) is 19.8 Å². The van der Waals surface area contributed by atoms with Gasteiger partial charge in [0, 0.05) is 38.3 Å². The Hall–Kier alpha value is -2.38. The molecule has 0 radical (unpaired) electrons. The smallest absolute Gasteiger partial charge is 0.409 e. The molecule has 1 aliphatic heterocycles. The van der Waals surface area contributed by atoms with Crippen molar-refractivity contribution in [2.75, 3.05) is 38.1 Å². The number of nitrogens with zero attached hydrogens (tertiary/aromatic N) is 4. The predicted octanol–water partition coefficient (Wildman–Crippen LogP) is 1.27. The first kappa shape index (κ1) is 16.5. The molecule has 3 rings (SSSR count). The zero-order chi connectivity index (χ0) is 17.1. The highest BCUT2D eigenvalue weighted by molar-refractivity contribution is 5.93. The van der Waals surface area contributed by atoms with Crippen LogP contribution in [0.2, 0.25) is 0 Å². The van der Waals surface area contributed by atoms with E-state index in [2.05, 4.69) is 15.3 Å². The largest absolute Gasteiger partial charge is 0.450 e. The van der Waals surface area contributed by atoms with Crippen LogP contribution < -0.4 is 5.32 Å². The summed E-state index contributed by atoms with van der Waals surface area (Å²) in [5, 5.41) is 3.30. The number of hydrogen-bond acceptors (Lipinski definition) is 6. The van der Waals surface area contributed by atoms with Crippen molar-refractivity contribution in [2.24, 2.45) is 0 Å². The lowest BCUT2D eigenvalue weighted by molar-refractivity contribution is 0.0565.